The van der Waals surface area contributed by atoms with E-state index in [2.05, 4.69) is 5.32 Å². The number of amides is 1. The maximum Gasteiger partial charge on any atom is 0.417 e. The molecule has 0 spiro atoms. The van der Waals surface area contributed by atoms with Crippen LogP contribution in [0.25, 0.3) is 0 Å². The van der Waals surface area contributed by atoms with E-state index in [0.717, 1.165) is 5.56 Å². The van der Waals surface area contributed by atoms with E-state index in [1.165, 1.54) is 0 Å². The Balaban J connectivity index is 2.39. The Morgan fingerprint density at radius 2 is 1.82 bits per heavy atom. The lowest BCUT2D eigenvalue weighted by molar-refractivity contribution is -0.137. The Labute approximate surface area is 137 Å². The van der Waals surface area contributed by atoms with Gasteiger partial charge in [0, 0.05) is 3.57 Å². The predicted molar refractivity (Wildman–Crippen MR) is 83.3 cm³/mol. The molecule has 2 aromatic rings. The van der Waals surface area contributed by atoms with E-state index in [4.69, 9.17) is 0 Å². The summed E-state index contributed by atoms with van der Waals surface area (Å²) in [4.78, 5) is 12.1. The summed E-state index contributed by atoms with van der Waals surface area (Å²) in [5, 5.41) is 2.38. The van der Waals surface area contributed by atoms with Crippen LogP contribution in [0.5, 0.6) is 0 Å². The Morgan fingerprint density at radius 3 is 2.41 bits per heavy atom. The molecule has 0 atom stereocenters. The third kappa shape index (κ3) is 3.76. The normalized spacial score (nSPS) is 11.4. The summed E-state index contributed by atoms with van der Waals surface area (Å²) in [5.74, 6) is -1.91. The van der Waals surface area contributed by atoms with E-state index >= 15 is 0 Å². The lowest BCUT2D eigenvalue weighted by Crippen LogP contribution is -2.19. The van der Waals surface area contributed by atoms with E-state index in [-0.39, 0.29) is 0 Å². The van der Waals surface area contributed by atoms with Crippen LogP contribution < -0.4 is 5.32 Å². The van der Waals surface area contributed by atoms with Crippen molar-refractivity contribution < 1.29 is 22.4 Å². The monoisotopic (exact) mass is 423 g/mol. The van der Waals surface area contributed by atoms with Crippen molar-refractivity contribution in [2.75, 3.05) is 5.32 Å². The van der Waals surface area contributed by atoms with E-state index in [0.29, 0.717) is 27.5 Å². The zero-order chi connectivity index (χ0) is 16.5. The van der Waals surface area contributed by atoms with Crippen LogP contribution in [0, 0.1) is 16.3 Å². The van der Waals surface area contributed by atoms with Crippen molar-refractivity contribution in [1.82, 2.24) is 0 Å². The fourth-order valence-electron chi connectivity index (χ4n) is 1.86. The fourth-order valence-corrected chi connectivity index (χ4v) is 2.67. The van der Waals surface area contributed by atoms with Crippen molar-refractivity contribution in [3.63, 3.8) is 0 Å². The molecule has 116 valence electrons. The first-order valence-electron chi connectivity index (χ1n) is 6.13. The number of rotatable bonds is 2. The van der Waals surface area contributed by atoms with Gasteiger partial charge < -0.3 is 5.32 Å². The van der Waals surface area contributed by atoms with Crippen LogP contribution in [-0.2, 0) is 6.18 Å². The van der Waals surface area contributed by atoms with E-state index < -0.39 is 29.0 Å². The molecule has 0 radical (unpaired) electrons. The van der Waals surface area contributed by atoms with E-state index in [9.17, 15) is 22.4 Å². The summed E-state index contributed by atoms with van der Waals surface area (Å²) in [7, 11) is 0. The summed E-state index contributed by atoms with van der Waals surface area (Å²) < 4.78 is 52.6. The largest absolute Gasteiger partial charge is 0.417 e. The maximum atomic E-state index is 13.2. The molecule has 2 rings (SSSR count). The van der Waals surface area contributed by atoms with Crippen LogP contribution >= 0.6 is 22.6 Å². The SMILES string of the molecule is Cc1ccc(NC(=O)c2cc(F)ccc2C(F)(F)F)c(I)c1. The first kappa shape index (κ1) is 16.7. The summed E-state index contributed by atoms with van der Waals surface area (Å²) >= 11 is 1.96. The van der Waals surface area contributed by atoms with Crippen LogP contribution in [0.1, 0.15) is 21.5 Å². The van der Waals surface area contributed by atoms with Gasteiger partial charge in [0.2, 0.25) is 0 Å². The molecule has 0 fully saturated rings. The lowest BCUT2D eigenvalue weighted by atomic mass is 10.1. The Hall–Kier alpha value is -1.64. The van der Waals surface area contributed by atoms with Crippen molar-refractivity contribution >= 4 is 34.2 Å². The van der Waals surface area contributed by atoms with E-state index in [1.807, 2.05) is 29.5 Å². The second-order valence-corrected chi connectivity index (χ2v) is 5.79. The number of carbonyl (C=O) groups excluding carboxylic acids is 1. The van der Waals surface area contributed by atoms with E-state index in [1.54, 1.807) is 18.2 Å². The molecule has 2 aromatic carbocycles. The molecule has 0 saturated carbocycles. The molecule has 22 heavy (non-hydrogen) atoms. The molecule has 0 aliphatic heterocycles. The molecule has 0 aliphatic rings. The standard InChI is InChI=1S/C15H10F4INO/c1-8-2-5-13(12(20)6-8)21-14(22)10-7-9(16)3-4-11(10)15(17,18)19/h2-7H,1H3,(H,21,22). The molecule has 0 aromatic heterocycles. The second kappa shape index (κ2) is 6.23. The first-order chi connectivity index (χ1) is 10.2. The molecule has 2 nitrogen and oxygen atoms in total. The third-order valence-electron chi connectivity index (χ3n) is 2.90. The fraction of sp³-hybridized carbons (Fsp3) is 0.133. The van der Waals surface area contributed by atoms with Gasteiger partial charge in [0.25, 0.3) is 5.91 Å². The van der Waals surface area contributed by atoms with Crippen molar-refractivity contribution in [3.05, 3.63) is 62.5 Å². The zero-order valence-corrected chi connectivity index (χ0v) is 13.4. The predicted octanol–water partition coefficient (Wildman–Crippen LogP) is 5.01. The molecule has 0 bridgehead atoms. The highest BCUT2D eigenvalue weighted by atomic mass is 127. The highest BCUT2D eigenvalue weighted by Gasteiger charge is 2.35. The maximum absolute atomic E-state index is 13.2. The summed E-state index contributed by atoms with van der Waals surface area (Å²) in [6.07, 6.45) is -4.74. The van der Waals surface area contributed by atoms with Crippen LogP contribution in [0.15, 0.2) is 36.4 Å². The van der Waals surface area contributed by atoms with Gasteiger partial charge in [-0.2, -0.15) is 13.2 Å². The molecule has 0 heterocycles. The minimum absolute atomic E-state index is 0.369. The topological polar surface area (TPSA) is 29.1 Å². The van der Waals surface area contributed by atoms with Gasteiger partial charge >= 0.3 is 6.18 Å². The van der Waals surface area contributed by atoms with Crippen molar-refractivity contribution in [1.29, 1.82) is 0 Å². The number of hydrogen-bond acceptors (Lipinski definition) is 1. The number of carbonyl (C=O) groups is 1. The van der Waals surface area contributed by atoms with Gasteiger partial charge in [0.1, 0.15) is 5.82 Å². The summed E-state index contributed by atoms with van der Waals surface area (Å²) in [6, 6.07) is 6.89. The minimum Gasteiger partial charge on any atom is -0.321 e. The van der Waals surface area contributed by atoms with Gasteiger partial charge in [-0.15, -0.1) is 0 Å². The summed E-state index contributed by atoms with van der Waals surface area (Å²) in [6.45, 7) is 1.85. The molecule has 0 unspecified atom stereocenters. The number of hydrogen-bond donors (Lipinski definition) is 1. The Kier molecular flexibility index (Phi) is 4.74. The van der Waals surface area contributed by atoms with Crippen molar-refractivity contribution in [3.8, 4) is 0 Å². The molecule has 7 heteroatoms. The van der Waals surface area contributed by atoms with Crippen LogP contribution in [-0.4, -0.2) is 5.91 Å². The number of halogens is 5. The Morgan fingerprint density at radius 1 is 1.14 bits per heavy atom. The Bertz CT molecular complexity index is 728. The van der Waals surface area contributed by atoms with Gasteiger partial charge in [-0.25, -0.2) is 4.39 Å². The molecular formula is C15H10F4INO. The van der Waals surface area contributed by atoms with Crippen LogP contribution in [0.4, 0.5) is 23.2 Å². The van der Waals surface area contributed by atoms with Gasteiger partial charge in [-0.3, -0.25) is 4.79 Å². The van der Waals surface area contributed by atoms with Gasteiger partial charge in [-0.05, 0) is 65.4 Å². The molecular weight excluding hydrogens is 413 g/mol. The molecule has 0 saturated heterocycles. The highest BCUT2D eigenvalue weighted by Crippen LogP contribution is 2.33. The van der Waals surface area contributed by atoms with Gasteiger partial charge in [0.05, 0.1) is 16.8 Å². The smallest absolute Gasteiger partial charge is 0.321 e. The lowest BCUT2D eigenvalue weighted by Gasteiger charge is -2.14. The number of benzene rings is 2. The number of anilines is 1. The zero-order valence-electron chi connectivity index (χ0n) is 11.3. The van der Waals surface area contributed by atoms with Crippen molar-refractivity contribution in [2.24, 2.45) is 0 Å². The number of aryl methyl sites for hydroxylation is 1. The van der Waals surface area contributed by atoms with Crippen molar-refractivity contribution in [2.45, 2.75) is 13.1 Å². The number of nitrogens with one attached hydrogen (secondary N) is 1. The second-order valence-electron chi connectivity index (χ2n) is 4.63. The number of alkyl halides is 3. The first-order valence-corrected chi connectivity index (χ1v) is 7.20. The average Bonchev–Trinajstić information content (AvgIpc) is 2.40. The third-order valence-corrected chi connectivity index (χ3v) is 3.80. The quantitative estimate of drug-likeness (QED) is 0.534. The van der Waals surface area contributed by atoms with Gasteiger partial charge in [-0.1, -0.05) is 6.07 Å². The summed E-state index contributed by atoms with van der Waals surface area (Å²) in [5.41, 5.74) is -0.602. The average molecular weight is 423 g/mol. The molecule has 1 N–H and O–H groups in total. The van der Waals surface area contributed by atoms with Crippen LogP contribution in [0.2, 0.25) is 0 Å². The minimum atomic E-state index is -4.74. The molecule has 1 amide bonds. The highest BCUT2D eigenvalue weighted by molar-refractivity contribution is 14.1. The van der Waals surface area contributed by atoms with Gasteiger partial charge in [0.15, 0.2) is 0 Å². The molecule has 0 aliphatic carbocycles. The van der Waals surface area contributed by atoms with Crippen LogP contribution in [0.3, 0.4) is 0 Å².